The largest absolute Gasteiger partial charge is 0.480 e. The van der Waals surface area contributed by atoms with Crippen molar-refractivity contribution in [3.8, 4) is 0 Å². The first kappa shape index (κ1) is 13.2. The summed E-state index contributed by atoms with van der Waals surface area (Å²) in [5, 5.41) is 12.1. The van der Waals surface area contributed by atoms with Crippen LogP contribution in [0.4, 0.5) is 0 Å². The number of rotatable bonds is 4. The minimum absolute atomic E-state index is 0.0604. The van der Waals surface area contributed by atoms with E-state index >= 15 is 0 Å². The van der Waals surface area contributed by atoms with Crippen molar-refractivity contribution in [1.29, 1.82) is 0 Å². The van der Waals surface area contributed by atoms with Crippen LogP contribution >= 0.6 is 11.8 Å². The summed E-state index contributed by atoms with van der Waals surface area (Å²) in [6, 6.07) is 9.65. The predicted molar refractivity (Wildman–Crippen MR) is 77.5 cm³/mol. The number of hydrogen-bond donors (Lipinski definition) is 2. The van der Waals surface area contributed by atoms with Gasteiger partial charge in [0.1, 0.15) is 17.2 Å². The number of thioether (sulfide) groups is 1. The molecular weight excluding hydrogens is 274 g/mol. The van der Waals surface area contributed by atoms with Crippen molar-refractivity contribution in [2.45, 2.75) is 18.0 Å². The summed E-state index contributed by atoms with van der Waals surface area (Å²) in [6.45, 7) is 0.743. The molecule has 0 spiro atoms. The molecule has 6 heteroatoms. The van der Waals surface area contributed by atoms with Crippen molar-refractivity contribution in [2.24, 2.45) is 0 Å². The molecule has 104 valence electrons. The smallest absolute Gasteiger partial charge is 0.321 e. The molecule has 1 aliphatic rings. The van der Waals surface area contributed by atoms with E-state index in [1.165, 1.54) is 5.56 Å². The average molecular weight is 289 g/mol. The summed E-state index contributed by atoms with van der Waals surface area (Å²) in [4.78, 5) is 15.4. The van der Waals surface area contributed by atoms with E-state index in [9.17, 15) is 4.79 Å². The Morgan fingerprint density at radius 3 is 2.95 bits per heavy atom. The quantitative estimate of drug-likeness (QED) is 0.897. The minimum Gasteiger partial charge on any atom is -0.480 e. The molecule has 0 bridgehead atoms. The molecule has 1 aromatic heterocycles. The van der Waals surface area contributed by atoms with Gasteiger partial charge in [0.25, 0.3) is 0 Å². The standard InChI is InChI=1S/C14H15N3O2S/c18-14(19)11-9-20-13(16-11)12-15-6-7-17(12)8-10-4-2-1-3-5-10/h1-7,11,13,16H,8-9H2,(H,18,19). The molecule has 3 rings (SSSR count). The van der Waals surface area contributed by atoms with E-state index in [2.05, 4.69) is 27.0 Å². The molecule has 1 saturated heterocycles. The maximum atomic E-state index is 11.0. The van der Waals surface area contributed by atoms with Crippen LogP contribution in [0.2, 0.25) is 0 Å². The Kier molecular flexibility index (Phi) is 3.75. The lowest BCUT2D eigenvalue weighted by Gasteiger charge is -2.13. The van der Waals surface area contributed by atoms with Gasteiger partial charge in [-0.1, -0.05) is 30.3 Å². The van der Waals surface area contributed by atoms with E-state index in [0.29, 0.717) is 5.75 Å². The van der Waals surface area contributed by atoms with Gasteiger partial charge in [0.2, 0.25) is 0 Å². The number of aliphatic carboxylic acids is 1. The van der Waals surface area contributed by atoms with Crippen LogP contribution in [0.1, 0.15) is 16.8 Å². The van der Waals surface area contributed by atoms with Gasteiger partial charge in [0.15, 0.2) is 0 Å². The van der Waals surface area contributed by atoms with E-state index in [1.54, 1.807) is 18.0 Å². The van der Waals surface area contributed by atoms with Crippen molar-refractivity contribution >= 4 is 17.7 Å². The zero-order chi connectivity index (χ0) is 13.9. The molecule has 1 aromatic carbocycles. The van der Waals surface area contributed by atoms with Crippen LogP contribution in [0.25, 0.3) is 0 Å². The third-order valence-electron chi connectivity index (χ3n) is 3.26. The average Bonchev–Trinajstić information content (AvgIpc) is 3.08. The Labute approximate surface area is 121 Å². The lowest BCUT2D eigenvalue weighted by atomic mass is 10.2. The molecule has 0 aliphatic carbocycles. The highest BCUT2D eigenvalue weighted by Gasteiger charge is 2.32. The number of nitrogens with one attached hydrogen (secondary N) is 1. The second kappa shape index (κ2) is 5.68. The lowest BCUT2D eigenvalue weighted by Crippen LogP contribution is -2.34. The first-order valence-electron chi connectivity index (χ1n) is 6.39. The normalized spacial score (nSPS) is 22.0. The summed E-state index contributed by atoms with van der Waals surface area (Å²) >= 11 is 1.59. The Bertz CT molecular complexity index is 599. The SMILES string of the molecule is O=C(O)C1CSC(c2nccn2Cc2ccccc2)N1. The van der Waals surface area contributed by atoms with E-state index in [0.717, 1.165) is 12.4 Å². The van der Waals surface area contributed by atoms with Gasteiger partial charge in [0, 0.05) is 24.7 Å². The van der Waals surface area contributed by atoms with Crippen molar-refractivity contribution < 1.29 is 9.90 Å². The number of carboxylic acids is 1. The first-order chi connectivity index (χ1) is 9.74. The number of imidazole rings is 1. The molecule has 2 aromatic rings. The van der Waals surface area contributed by atoms with Crippen LogP contribution in [-0.4, -0.2) is 32.4 Å². The van der Waals surface area contributed by atoms with Crippen LogP contribution in [0.3, 0.4) is 0 Å². The maximum absolute atomic E-state index is 11.0. The summed E-state index contributed by atoms with van der Waals surface area (Å²) in [5.41, 5.74) is 1.20. The zero-order valence-corrected chi connectivity index (χ0v) is 11.6. The summed E-state index contributed by atoms with van der Waals surface area (Å²) in [7, 11) is 0. The second-order valence-corrected chi connectivity index (χ2v) is 5.81. The number of hydrogen-bond acceptors (Lipinski definition) is 4. The molecule has 2 heterocycles. The highest BCUT2D eigenvalue weighted by molar-refractivity contribution is 7.99. The molecule has 2 unspecified atom stereocenters. The molecule has 1 aliphatic heterocycles. The Morgan fingerprint density at radius 1 is 1.45 bits per heavy atom. The number of carboxylic acid groups (broad SMARTS) is 1. The fourth-order valence-corrected chi connectivity index (χ4v) is 3.47. The highest BCUT2D eigenvalue weighted by atomic mass is 32.2. The van der Waals surface area contributed by atoms with Crippen LogP contribution in [0.15, 0.2) is 42.7 Å². The van der Waals surface area contributed by atoms with Gasteiger partial charge in [-0.3, -0.25) is 10.1 Å². The third kappa shape index (κ3) is 2.71. The van der Waals surface area contributed by atoms with Gasteiger partial charge >= 0.3 is 5.97 Å². The van der Waals surface area contributed by atoms with E-state index < -0.39 is 12.0 Å². The maximum Gasteiger partial charge on any atom is 0.321 e. The fraction of sp³-hybridized carbons (Fsp3) is 0.286. The van der Waals surface area contributed by atoms with Crippen LogP contribution in [-0.2, 0) is 11.3 Å². The number of aromatic nitrogens is 2. The van der Waals surface area contributed by atoms with Crippen LogP contribution in [0.5, 0.6) is 0 Å². The summed E-state index contributed by atoms with van der Waals surface area (Å²) < 4.78 is 2.06. The molecule has 0 saturated carbocycles. The molecule has 0 radical (unpaired) electrons. The van der Waals surface area contributed by atoms with Gasteiger partial charge < -0.3 is 9.67 Å². The molecule has 2 atom stereocenters. The zero-order valence-electron chi connectivity index (χ0n) is 10.8. The fourth-order valence-electron chi connectivity index (χ4n) is 2.24. The van der Waals surface area contributed by atoms with Gasteiger partial charge in [-0.05, 0) is 5.56 Å². The highest BCUT2D eigenvalue weighted by Crippen LogP contribution is 2.32. The van der Waals surface area contributed by atoms with Crippen LogP contribution in [0, 0.1) is 0 Å². The van der Waals surface area contributed by atoms with Gasteiger partial charge in [-0.25, -0.2) is 4.98 Å². The van der Waals surface area contributed by atoms with E-state index in [4.69, 9.17) is 5.11 Å². The van der Waals surface area contributed by atoms with Crippen molar-refractivity contribution in [2.75, 3.05) is 5.75 Å². The van der Waals surface area contributed by atoms with E-state index in [-0.39, 0.29) is 5.37 Å². The summed E-state index contributed by atoms with van der Waals surface area (Å²) in [5.74, 6) is 0.641. The monoisotopic (exact) mass is 289 g/mol. The lowest BCUT2D eigenvalue weighted by molar-refractivity contribution is -0.138. The van der Waals surface area contributed by atoms with Crippen LogP contribution < -0.4 is 5.32 Å². The number of carbonyl (C=O) groups is 1. The molecule has 20 heavy (non-hydrogen) atoms. The van der Waals surface area contributed by atoms with E-state index in [1.807, 2.05) is 24.4 Å². The molecule has 1 fully saturated rings. The number of benzene rings is 1. The third-order valence-corrected chi connectivity index (χ3v) is 4.46. The first-order valence-corrected chi connectivity index (χ1v) is 7.44. The second-order valence-electron chi connectivity index (χ2n) is 4.67. The van der Waals surface area contributed by atoms with Gasteiger partial charge in [-0.15, -0.1) is 11.8 Å². The summed E-state index contributed by atoms with van der Waals surface area (Å²) in [6.07, 6.45) is 3.69. The number of nitrogens with zero attached hydrogens (tertiary/aromatic N) is 2. The predicted octanol–water partition coefficient (Wildman–Crippen LogP) is 1.72. The topological polar surface area (TPSA) is 67.1 Å². The minimum atomic E-state index is -0.804. The molecule has 5 nitrogen and oxygen atoms in total. The Balaban J connectivity index is 1.76. The van der Waals surface area contributed by atoms with Crippen molar-refractivity contribution in [3.63, 3.8) is 0 Å². The van der Waals surface area contributed by atoms with Crippen molar-refractivity contribution in [3.05, 3.63) is 54.1 Å². The molecule has 2 N–H and O–H groups in total. The Hall–Kier alpha value is -1.79. The van der Waals surface area contributed by atoms with Gasteiger partial charge in [0.05, 0.1) is 0 Å². The molecule has 0 amide bonds. The van der Waals surface area contributed by atoms with Gasteiger partial charge in [-0.2, -0.15) is 0 Å². The van der Waals surface area contributed by atoms with Crippen molar-refractivity contribution in [1.82, 2.24) is 14.9 Å². The Morgan fingerprint density at radius 2 is 2.25 bits per heavy atom. The molecular formula is C14H15N3O2S.